The van der Waals surface area contributed by atoms with Gasteiger partial charge in [-0.05, 0) is 43.2 Å². The number of fused-ring (bicyclic) bond motifs is 1. The molecular weight excluding hydrogens is 392 g/mol. The van der Waals surface area contributed by atoms with Gasteiger partial charge < -0.3 is 15.8 Å². The Hall–Kier alpha value is -2.17. The average Bonchev–Trinajstić information content (AvgIpc) is 2.70. The van der Waals surface area contributed by atoms with Crippen LogP contribution < -0.4 is 20.5 Å². The smallest absolute Gasteiger partial charge is 0.278 e. The topological polar surface area (TPSA) is 122 Å². The molecule has 9 nitrogen and oxygen atoms in total. The van der Waals surface area contributed by atoms with E-state index >= 15 is 0 Å². The molecule has 0 spiro atoms. The zero-order valence-electron chi connectivity index (χ0n) is 17.2. The number of nitrogen functional groups attached to an aromatic ring is 1. The monoisotopic (exact) mass is 422 g/mol. The number of aromatic nitrogens is 2. The lowest BCUT2D eigenvalue weighted by Gasteiger charge is -2.29. The van der Waals surface area contributed by atoms with Crippen molar-refractivity contribution in [1.82, 2.24) is 19.0 Å². The number of anilines is 2. The highest BCUT2D eigenvalue weighted by molar-refractivity contribution is 7.87. The standard InChI is InChI=1S/C19H30N6O3S/c1-25(2)29(26,27)22-12-14-7-4-6-13(10-14)11-21-19-23-17-15(18(20)24-19)8-5-9-16(17)28-3/h5,8-9,13-14,22H,4,6-7,10-12H2,1-3H3,(H3,20,21,23,24). The van der Waals surface area contributed by atoms with E-state index in [1.165, 1.54) is 18.4 Å². The molecule has 2 atom stereocenters. The Morgan fingerprint density at radius 3 is 2.62 bits per heavy atom. The summed E-state index contributed by atoms with van der Waals surface area (Å²) in [6, 6.07) is 5.58. The highest BCUT2D eigenvalue weighted by Crippen LogP contribution is 2.30. The molecule has 1 aliphatic carbocycles. The van der Waals surface area contributed by atoms with Gasteiger partial charge in [-0.1, -0.05) is 12.5 Å². The van der Waals surface area contributed by atoms with E-state index < -0.39 is 10.2 Å². The second-order valence-electron chi connectivity index (χ2n) is 7.70. The maximum Gasteiger partial charge on any atom is 0.278 e. The van der Waals surface area contributed by atoms with Crippen LogP contribution in [0.3, 0.4) is 0 Å². The summed E-state index contributed by atoms with van der Waals surface area (Å²) in [4.78, 5) is 8.94. The summed E-state index contributed by atoms with van der Waals surface area (Å²) in [7, 11) is 1.28. The number of nitrogens with two attached hydrogens (primary N) is 1. The normalized spacial score (nSPS) is 20.1. The lowest BCUT2D eigenvalue weighted by molar-refractivity contribution is 0.275. The molecule has 0 saturated heterocycles. The second kappa shape index (κ2) is 9.10. The van der Waals surface area contributed by atoms with Crippen molar-refractivity contribution in [3.63, 3.8) is 0 Å². The van der Waals surface area contributed by atoms with Gasteiger partial charge in [0.25, 0.3) is 10.2 Å². The summed E-state index contributed by atoms with van der Waals surface area (Å²) in [6.07, 6.45) is 4.16. The molecular formula is C19H30N6O3S. The Balaban J connectivity index is 1.61. The number of methoxy groups -OCH3 is 1. The fourth-order valence-electron chi connectivity index (χ4n) is 3.75. The molecule has 1 aliphatic rings. The highest BCUT2D eigenvalue weighted by Gasteiger charge is 2.24. The first-order valence-electron chi connectivity index (χ1n) is 9.81. The first kappa shape index (κ1) is 21.5. The molecule has 1 aromatic carbocycles. The van der Waals surface area contributed by atoms with Gasteiger partial charge >= 0.3 is 0 Å². The van der Waals surface area contributed by atoms with Crippen molar-refractivity contribution < 1.29 is 13.2 Å². The molecule has 0 amide bonds. The van der Waals surface area contributed by atoms with Crippen molar-refractivity contribution >= 4 is 32.9 Å². The maximum absolute atomic E-state index is 11.9. The van der Waals surface area contributed by atoms with Crippen molar-refractivity contribution in [2.24, 2.45) is 11.8 Å². The number of nitrogens with zero attached hydrogens (tertiary/aromatic N) is 3. The maximum atomic E-state index is 11.9. The summed E-state index contributed by atoms with van der Waals surface area (Å²) in [6.45, 7) is 1.19. The molecule has 29 heavy (non-hydrogen) atoms. The summed E-state index contributed by atoms with van der Waals surface area (Å²) < 4.78 is 33.1. The van der Waals surface area contributed by atoms with E-state index in [0.29, 0.717) is 41.4 Å². The van der Waals surface area contributed by atoms with Gasteiger partial charge in [0.2, 0.25) is 5.95 Å². The van der Waals surface area contributed by atoms with Crippen LogP contribution in [0.25, 0.3) is 10.9 Å². The predicted octanol–water partition coefficient (Wildman–Crippen LogP) is 1.83. The third-order valence-corrected chi connectivity index (χ3v) is 6.91. The Morgan fingerprint density at radius 2 is 1.93 bits per heavy atom. The average molecular weight is 423 g/mol. The number of hydrogen-bond acceptors (Lipinski definition) is 7. The van der Waals surface area contributed by atoms with E-state index in [1.54, 1.807) is 7.11 Å². The van der Waals surface area contributed by atoms with Gasteiger partial charge in [0.05, 0.1) is 7.11 Å². The predicted molar refractivity (Wildman–Crippen MR) is 115 cm³/mol. The van der Waals surface area contributed by atoms with Gasteiger partial charge in [-0.25, -0.2) is 9.71 Å². The van der Waals surface area contributed by atoms with Gasteiger partial charge in [-0.2, -0.15) is 17.7 Å². The molecule has 0 radical (unpaired) electrons. The first-order chi connectivity index (χ1) is 13.8. The molecule has 1 heterocycles. The molecule has 2 unspecified atom stereocenters. The van der Waals surface area contributed by atoms with E-state index in [2.05, 4.69) is 20.0 Å². The Morgan fingerprint density at radius 1 is 1.21 bits per heavy atom. The van der Waals surface area contributed by atoms with Crippen molar-refractivity contribution in [1.29, 1.82) is 0 Å². The SMILES string of the molecule is COc1cccc2c(N)nc(NCC3CCCC(CNS(=O)(=O)N(C)C)C3)nc12. The van der Waals surface area contributed by atoms with Crippen LogP contribution in [0.4, 0.5) is 11.8 Å². The molecule has 1 fully saturated rings. The molecule has 0 aliphatic heterocycles. The second-order valence-corrected chi connectivity index (χ2v) is 9.67. The fourth-order valence-corrected chi connectivity index (χ4v) is 4.46. The summed E-state index contributed by atoms with van der Waals surface area (Å²) in [5, 5.41) is 4.07. The van der Waals surface area contributed by atoms with Crippen LogP contribution in [-0.4, -0.2) is 57.0 Å². The molecule has 3 rings (SSSR count). The fraction of sp³-hybridized carbons (Fsp3) is 0.579. The van der Waals surface area contributed by atoms with Gasteiger partial charge in [0, 0.05) is 32.6 Å². The quantitative estimate of drug-likeness (QED) is 0.593. The van der Waals surface area contributed by atoms with Gasteiger partial charge in [-0.3, -0.25) is 0 Å². The summed E-state index contributed by atoms with van der Waals surface area (Å²) in [5.74, 6) is 2.31. The highest BCUT2D eigenvalue weighted by atomic mass is 32.2. The van der Waals surface area contributed by atoms with Crippen LogP contribution in [-0.2, 0) is 10.2 Å². The minimum Gasteiger partial charge on any atom is -0.494 e. The van der Waals surface area contributed by atoms with Crippen molar-refractivity contribution in [3.8, 4) is 5.75 Å². The van der Waals surface area contributed by atoms with Crippen LogP contribution in [0.15, 0.2) is 18.2 Å². The Kier molecular flexibility index (Phi) is 6.76. The first-order valence-corrected chi connectivity index (χ1v) is 11.3. The lowest BCUT2D eigenvalue weighted by atomic mass is 9.81. The number of benzene rings is 1. The lowest BCUT2D eigenvalue weighted by Crippen LogP contribution is -2.39. The zero-order chi connectivity index (χ0) is 21.0. The van der Waals surface area contributed by atoms with Crippen LogP contribution in [0.2, 0.25) is 0 Å². The van der Waals surface area contributed by atoms with Gasteiger partial charge in [0.15, 0.2) is 0 Å². The number of para-hydroxylation sites is 1. The Labute approximate surface area is 172 Å². The van der Waals surface area contributed by atoms with E-state index in [9.17, 15) is 8.42 Å². The molecule has 4 N–H and O–H groups in total. The van der Waals surface area contributed by atoms with Crippen molar-refractivity contribution in [2.45, 2.75) is 25.7 Å². The minimum absolute atomic E-state index is 0.327. The minimum atomic E-state index is -3.38. The number of nitrogens with one attached hydrogen (secondary N) is 2. The van der Waals surface area contributed by atoms with Gasteiger partial charge in [-0.15, -0.1) is 0 Å². The van der Waals surface area contributed by atoms with Crippen LogP contribution in [0, 0.1) is 11.8 Å². The molecule has 2 aromatic rings. The molecule has 1 aromatic heterocycles. The largest absolute Gasteiger partial charge is 0.494 e. The molecule has 10 heteroatoms. The third kappa shape index (κ3) is 5.26. The molecule has 1 saturated carbocycles. The molecule has 160 valence electrons. The zero-order valence-corrected chi connectivity index (χ0v) is 18.0. The van der Waals surface area contributed by atoms with E-state index in [1.807, 2.05) is 18.2 Å². The summed E-state index contributed by atoms with van der Waals surface area (Å²) in [5.41, 5.74) is 6.79. The van der Waals surface area contributed by atoms with Crippen molar-refractivity contribution in [2.75, 3.05) is 45.3 Å². The van der Waals surface area contributed by atoms with E-state index in [4.69, 9.17) is 10.5 Å². The van der Waals surface area contributed by atoms with Crippen molar-refractivity contribution in [3.05, 3.63) is 18.2 Å². The van der Waals surface area contributed by atoms with Crippen LogP contribution >= 0.6 is 0 Å². The van der Waals surface area contributed by atoms with Gasteiger partial charge in [0.1, 0.15) is 17.1 Å². The van der Waals surface area contributed by atoms with E-state index in [0.717, 1.165) is 37.6 Å². The van der Waals surface area contributed by atoms with E-state index in [-0.39, 0.29) is 0 Å². The third-order valence-electron chi connectivity index (χ3n) is 5.41. The Bertz CT molecular complexity index is 950. The van der Waals surface area contributed by atoms with Crippen LogP contribution in [0.5, 0.6) is 5.75 Å². The summed E-state index contributed by atoms with van der Waals surface area (Å²) >= 11 is 0. The van der Waals surface area contributed by atoms with Crippen LogP contribution in [0.1, 0.15) is 25.7 Å². The number of ether oxygens (including phenoxy) is 1. The number of hydrogen-bond donors (Lipinski definition) is 3. The molecule has 0 bridgehead atoms. The number of rotatable bonds is 8.